The third kappa shape index (κ3) is 3.99. The van der Waals surface area contributed by atoms with Crippen LogP contribution in [0.15, 0.2) is 17.7 Å². The summed E-state index contributed by atoms with van der Waals surface area (Å²) in [6.07, 6.45) is 5.26. The summed E-state index contributed by atoms with van der Waals surface area (Å²) >= 11 is 0. The number of allylic oxidation sites excluding steroid dienone is 1. The standard InChI is InChI=1S/C32H40O7/c1-8-9-10-17(4)13-19-11-12-21(34)23-20(19)14-30(6)15-31(7)24(16(2)3)26(35)22(18(5)33)28(37)32(31,39)29(38)25(30)27(23)36/h11-13,16,22,24-25,34,39H,8-10,14-15H2,1-7H3/b17-13+/t22?,24?,25?,30-,31-,32+/m1/s1. The van der Waals surface area contributed by atoms with Gasteiger partial charge in [-0.15, -0.1) is 0 Å². The number of fused-ring (bicyclic) bond motifs is 3. The molecule has 7 heteroatoms. The summed E-state index contributed by atoms with van der Waals surface area (Å²) in [5, 5.41) is 22.8. The normalized spacial score (nSPS) is 34.6. The molecule has 0 bridgehead atoms. The lowest BCUT2D eigenvalue weighted by Crippen LogP contribution is -2.76. The Hall–Kier alpha value is -2.93. The Bertz CT molecular complexity index is 1320. The van der Waals surface area contributed by atoms with Crippen LogP contribution in [0.2, 0.25) is 0 Å². The zero-order chi connectivity index (χ0) is 29.2. The van der Waals surface area contributed by atoms with E-state index in [9.17, 15) is 34.2 Å². The topological polar surface area (TPSA) is 126 Å². The van der Waals surface area contributed by atoms with Crippen LogP contribution >= 0.6 is 0 Å². The van der Waals surface area contributed by atoms with Gasteiger partial charge in [0.05, 0.1) is 11.5 Å². The van der Waals surface area contributed by atoms with Crippen LogP contribution in [0.1, 0.15) is 95.6 Å². The van der Waals surface area contributed by atoms with Crippen molar-refractivity contribution in [3.05, 3.63) is 34.4 Å². The number of ketones is 5. The van der Waals surface area contributed by atoms with Gasteiger partial charge in [-0.25, -0.2) is 0 Å². The Balaban J connectivity index is 1.93. The first-order chi connectivity index (χ1) is 18.1. The molecule has 4 rings (SSSR count). The van der Waals surface area contributed by atoms with E-state index in [1.54, 1.807) is 33.8 Å². The van der Waals surface area contributed by atoms with Crippen LogP contribution in [0.5, 0.6) is 5.75 Å². The zero-order valence-electron chi connectivity index (χ0n) is 24.0. The van der Waals surface area contributed by atoms with E-state index in [1.165, 1.54) is 6.07 Å². The van der Waals surface area contributed by atoms with Crippen LogP contribution in [-0.4, -0.2) is 44.7 Å². The molecule has 3 aliphatic rings. The van der Waals surface area contributed by atoms with Crippen molar-refractivity contribution in [1.82, 2.24) is 0 Å². The van der Waals surface area contributed by atoms with Gasteiger partial charge < -0.3 is 10.2 Å². The molecule has 0 spiro atoms. The third-order valence-electron chi connectivity index (χ3n) is 9.63. The van der Waals surface area contributed by atoms with Crippen LogP contribution in [0, 0.1) is 34.5 Å². The molecule has 7 nitrogen and oxygen atoms in total. The second kappa shape index (κ2) is 9.61. The summed E-state index contributed by atoms with van der Waals surface area (Å²) in [5.74, 6) is -8.72. The number of aromatic hydroxyl groups is 1. The van der Waals surface area contributed by atoms with Gasteiger partial charge in [0.25, 0.3) is 0 Å². The van der Waals surface area contributed by atoms with Crippen molar-refractivity contribution in [2.75, 3.05) is 0 Å². The molecule has 6 atom stereocenters. The van der Waals surface area contributed by atoms with E-state index in [0.717, 1.165) is 37.3 Å². The maximum atomic E-state index is 14.3. The fraction of sp³-hybridized carbons (Fsp3) is 0.594. The summed E-state index contributed by atoms with van der Waals surface area (Å²) in [7, 11) is 0. The van der Waals surface area contributed by atoms with Crippen LogP contribution in [-0.2, 0) is 25.6 Å². The molecule has 0 aromatic heterocycles. The second-order valence-corrected chi connectivity index (χ2v) is 13.0. The Morgan fingerprint density at radius 3 is 2.31 bits per heavy atom. The molecule has 1 aromatic rings. The molecule has 0 aliphatic heterocycles. The fourth-order valence-electron chi connectivity index (χ4n) is 8.09. The highest BCUT2D eigenvalue weighted by Gasteiger charge is 2.76. The molecular weight excluding hydrogens is 496 g/mol. The number of rotatable bonds is 6. The van der Waals surface area contributed by atoms with Crippen LogP contribution < -0.4 is 0 Å². The van der Waals surface area contributed by atoms with Gasteiger partial charge in [0.2, 0.25) is 0 Å². The molecule has 2 saturated carbocycles. The first-order valence-electron chi connectivity index (χ1n) is 14.0. The lowest BCUT2D eigenvalue weighted by Gasteiger charge is -2.61. The fourth-order valence-corrected chi connectivity index (χ4v) is 8.09. The quantitative estimate of drug-likeness (QED) is 0.505. The minimum atomic E-state index is -2.67. The van der Waals surface area contributed by atoms with Crippen LogP contribution in [0.3, 0.4) is 0 Å². The van der Waals surface area contributed by atoms with Crippen molar-refractivity contribution in [2.45, 2.75) is 86.2 Å². The summed E-state index contributed by atoms with van der Waals surface area (Å²) in [6.45, 7) is 12.2. The number of carbonyl (C=O) groups excluding carboxylic acids is 5. The molecule has 0 amide bonds. The first-order valence-corrected chi connectivity index (χ1v) is 14.0. The van der Waals surface area contributed by atoms with E-state index in [4.69, 9.17) is 0 Å². The Morgan fingerprint density at radius 1 is 1.10 bits per heavy atom. The highest BCUT2D eigenvalue weighted by Crippen LogP contribution is 2.63. The molecule has 3 aliphatic carbocycles. The van der Waals surface area contributed by atoms with Gasteiger partial charge in [-0.3, -0.25) is 24.0 Å². The monoisotopic (exact) mass is 536 g/mol. The van der Waals surface area contributed by atoms with E-state index in [2.05, 4.69) is 6.92 Å². The smallest absolute Gasteiger partial charge is 0.190 e. The van der Waals surface area contributed by atoms with E-state index < -0.39 is 63.1 Å². The van der Waals surface area contributed by atoms with Crippen molar-refractivity contribution in [3.8, 4) is 5.75 Å². The highest BCUT2D eigenvalue weighted by molar-refractivity contribution is 6.32. The third-order valence-corrected chi connectivity index (χ3v) is 9.63. The van der Waals surface area contributed by atoms with E-state index in [-0.39, 0.29) is 30.1 Å². The second-order valence-electron chi connectivity index (χ2n) is 13.0. The van der Waals surface area contributed by atoms with Gasteiger partial charge in [0, 0.05) is 11.3 Å². The van der Waals surface area contributed by atoms with Gasteiger partial charge in [0.1, 0.15) is 17.5 Å². The number of carbonyl (C=O) groups is 5. The van der Waals surface area contributed by atoms with Crippen LogP contribution in [0.4, 0.5) is 0 Å². The maximum Gasteiger partial charge on any atom is 0.190 e. The van der Waals surface area contributed by atoms with Crippen molar-refractivity contribution < 1.29 is 34.2 Å². The number of Topliss-reactive ketones (excluding diaryl/α,β-unsaturated/α-hetero) is 5. The number of aliphatic hydroxyl groups is 1. The van der Waals surface area contributed by atoms with Crippen molar-refractivity contribution in [3.63, 3.8) is 0 Å². The van der Waals surface area contributed by atoms with Gasteiger partial charge in [0.15, 0.2) is 28.7 Å². The number of phenols is 1. The van der Waals surface area contributed by atoms with Crippen molar-refractivity contribution in [1.29, 1.82) is 0 Å². The molecule has 1 aromatic carbocycles. The Kier molecular flexibility index (Phi) is 7.16. The minimum Gasteiger partial charge on any atom is -0.507 e. The van der Waals surface area contributed by atoms with Gasteiger partial charge >= 0.3 is 0 Å². The summed E-state index contributed by atoms with van der Waals surface area (Å²) in [5.41, 5.74) is -2.61. The number of benzene rings is 1. The van der Waals surface area contributed by atoms with Crippen LogP contribution in [0.25, 0.3) is 6.08 Å². The van der Waals surface area contributed by atoms with E-state index in [1.807, 2.05) is 13.0 Å². The highest BCUT2D eigenvalue weighted by atomic mass is 16.3. The molecule has 0 radical (unpaired) electrons. The number of hydrogen-bond acceptors (Lipinski definition) is 7. The molecule has 3 unspecified atom stereocenters. The molecule has 210 valence electrons. The molecule has 0 heterocycles. The Labute approximate surface area is 230 Å². The molecule has 2 fully saturated rings. The lowest BCUT2D eigenvalue weighted by molar-refractivity contribution is -0.205. The molecule has 39 heavy (non-hydrogen) atoms. The first kappa shape index (κ1) is 29.1. The van der Waals surface area contributed by atoms with Gasteiger partial charge in [-0.1, -0.05) is 58.8 Å². The molecule has 0 saturated heterocycles. The molecular formula is C32H40O7. The number of unbranched alkanes of at least 4 members (excludes halogenated alkanes) is 1. The average molecular weight is 537 g/mol. The lowest BCUT2D eigenvalue weighted by atomic mass is 9.40. The molecule has 2 N–H and O–H groups in total. The van der Waals surface area contributed by atoms with Crippen molar-refractivity contribution >= 4 is 35.0 Å². The maximum absolute atomic E-state index is 14.3. The van der Waals surface area contributed by atoms with Gasteiger partial charge in [-0.05, 0) is 68.1 Å². The summed E-state index contributed by atoms with van der Waals surface area (Å²) < 4.78 is 0. The largest absolute Gasteiger partial charge is 0.507 e. The Morgan fingerprint density at radius 2 is 1.74 bits per heavy atom. The minimum absolute atomic E-state index is 0.0398. The van der Waals surface area contributed by atoms with E-state index >= 15 is 0 Å². The predicted octanol–water partition coefficient (Wildman–Crippen LogP) is 4.69. The average Bonchev–Trinajstić information content (AvgIpc) is 2.81. The number of hydrogen-bond donors (Lipinski definition) is 2. The zero-order valence-corrected chi connectivity index (χ0v) is 24.0. The predicted molar refractivity (Wildman–Crippen MR) is 146 cm³/mol. The SMILES string of the molecule is CCCC/C(C)=C/c1ccc(O)c2c1C[C@]1(C)C[C@]3(C)C(C(C)C)C(=O)C(C(C)=O)C(=O)[C@]3(O)C(=O)C1C2=O. The summed E-state index contributed by atoms with van der Waals surface area (Å²) in [6, 6.07) is 3.21. The number of phenolic OH excluding ortho intramolecular Hbond substituents is 1. The summed E-state index contributed by atoms with van der Waals surface area (Å²) in [4.78, 5) is 68.1. The van der Waals surface area contributed by atoms with E-state index in [0.29, 0.717) is 5.56 Å². The van der Waals surface area contributed by atoms with Gasteiger partial charge in [-0.2, -0.15) is 0 Å². The van der Waals surface area contributed by atoms with Crippen molar-refractivity contribution in [2.24, 2.45) is 34.5 Å².